The number of likely N-dealkylation sites (tertiary alicyclic amines) is 1. The van der Waals surface area contributed by atoms with Crippen molar-refractivity contribution in [3.8, 4) is 17.2 Å². The van der Waals surface area contributed by atoms with Crippen LogP contribution in [-0.4, -0.2) is 35.4 Å². The predicted octanol–water partition coefficient (Wildman–Crippen LogP) is 4.23. The average Bonchev–Trinajstić information content (AvgIpc) is 3.40. The Bertz CT molecular complexity index is 875. The Morgan fingerprint density at radius 3 is 2.56 bits per heavy atom. The van der Waals surface area contributed by atoms with Gasteiger partial charge in [0.25, 0.3) is 0 Å². The minimum atomic E-state index is 0.413. The first-order valence-electron chi connectivity index (χ1n) is 9.33. The van der Waals surface area contributed by atoms with E-state index in [0.29, 0.717) is 6.04 Å². The van der Waals surface area contributed by atoms with Crippen LogP contribution in [0.2, 0.25) is 0 Å². The zero-order valence-corrected chi connectivity index (χ0v) is 15.8. The van der Waals surface area contributed by atoms with Crippen molar-refractivity contribution in [2.24, 2.45) is 0 Å². The maximum Gasteiger partial charge on any atom is 0.161 e. The van der Waals surface area contributed by atoms with Crippen LogP contribution in [-0.2, 0) is 6.54 Å². The number of ether oxygens (including phenoxy) is 2. The lowest BCUT2D eigenvalue weighted by atomic mass is 10.0. The van der Waals surface area contributed by atoms with E-state index in [4.69, 9.17) is 9.47 Å². The highest BCUT2D eigenvalue weighted by Gasteiger charge is 2.26. The number of benzene rings is 2. The summed E-state index contributed by atoms with van der Waals surface area (Å²) in [5.41, 5.74) is 3.69. The summed E-state index contributed by atoms with van der Waals surface area (Å²) in [4.78, 5) is 2.55. The molecule has 1 atom stereocenters. The lowest BCUT2D eigenvalue weighted by Crippen LogP contribution is -2.22. The van der Waals surface area contributed by atoms with Crippen LogP contribution in [0.4, 0.5) is 0 Å². The van der Waals surface area contributed by atoms with E-state index in [1.807, 2.05) is 23.0 Å². The number of aromatic nitrogens is 2. The predicted molar refractivity (Wildman–Crippen MR) is 105 cm³/mol. The normalized spacial score (nSPS) is 17.2. The van der Waals surface area contributed by atoms with Gasteiger partial charge in [-0.2, -0.15) is 5.10 Å². The molecule has 2 heterocycles. The molecule has 140 valence electrons. The molecule has 1 aliphatic heterocycles. The average molecular weight is 363 g/mol. The van der Waals surface area contributed by atoms with E-state index < -0.39 is 0 Å². The maximum absolute atomic E-state index is 5.49. The third-order valence-corrected chi connectivity index (χ3v) is 5.25. The molecule has 1 aromatic heterocycles. The Kier molecular flexibility index (Phi) is 5.12. The van der Waals surface area contributed by atoms with Crippen LogP contribution in [0.25, 0.3) is 5.69 Å². The van der Waals surface area contributed by atoms with Crippen molar-refractivity contribution in [1.29, 1.82) is 0 Å². The van der Waals surface area contributed by atoms with Crippen LogP contribution in [0.3, 0.4) is 0 Å². The van der Waals surface area contributed by atoms with Crippen LogP contribution < -0.4 is 9.47 Å². The Hall–Kier alpha value is -2.79. The van der Waals surface area contributed by atoms with E-state index in [1.54, 1.807) is 20.4 Å². The zero-order valence-electron chi connectivity index (χ0n) is 15.8. The highest BCUT2D eigenvalue weighted by atomic mass is 16.5. The molecule has 3 aromatic rings. The van der Waals surface area contributed by atoms with Gasteiger partial charge in [0.05, 0.1) is 19.9 Å². The number of hydrogen-bond donors (Lipinski definition) is 0. The van der Waals surface area contributed by atoms with Crippen LogP contribution in [0.1, 0.15) is 30.0 Å². The van der Waals surface area contributed by atoms with E-state index >= 15 is 0 Å². The third-order valence-electron chi connectivity index (χ3n) is 5.25. The van der Waals surface area contributed by atoms with Gasteiger partial charge < -0.3 is 9.47 Å². The molecule has 0 radical (unpaired) electrons. The summed E-state index contributed by atoms with van der Waals surface area (Å²) in [6, 6.07) is 17.3. The van der Waals surface area contributed by atoms with Crippen molar-refractivity contribution >= 4 is 0 Å². The molecule has 0 spiro atoms. The highest BCUT2D eigenvalue weighted by molar-refractivity contribution is 5.44. The fourth-order valence-electron chi connectivity index (χ4n) is 3.86. The fourth-order valence-corrected chi connectivity index (χ4v) is 3.86. The first-order chi connectivity index (χ1) is 13.3. The fraction of sp³-hybridized carbons (Fsp3) is 0.318. The van der Waals surface area contributed by atoms with Crippen molar-refractivity contribution in [2.75, 3.05) is 20.8 Å². The van der Waals surface area contributed by atoms with Crippen molar-refractivity contribution < 1.29 is 9.47 Å². The quantitative estimate of drug-likeness (QED) is 0.657. The second-order valence-corrected chi connectivity index (χ2v) is 6.86. The Morgan fingerprint density at radius 2 is 1.85 bits per heavy atom. The van der Waals surface area contributed by atoms with Gasteiger partial charge >= 0.3 is 0 Å². The monoisotopic (exact) mass is 363 g/mol. The summed E-state index contributed by atoms with van der Waals surface area (Å²) in [5.74, 6) is 1.57. The molecule has 1 fully saturated rings. The Balaban J connectivity index is 1.50. The Labute approximate surface area is 160 Å². The second-order valence-electron chi connectivity index (χ2n) is 6.86. The van der Waals surface area contributed by atoms with Crippen LogP contribution >= 0.6 is 0 Å². The van der Waals surface area contributed by atoms with Gasteiger partial charge in [-0.15, -0.1) is 0 Å². The van der Waals surface area contributed by atoms with Crippen LogP contribution in [0.15, 0.2) is 60.9 Å². The molecule has 2 aromatic carbocycles. The summed E-state index contributed by atoms with van der Waals surface area (Å²) < 4.78 is 12.7. The molecular formula is C22H25N3O2. The molecule has 4 rings (SSSR count). The van der Waals surface area contributed by atoms with E-state index in [2.05, 4.69) is 46.4 Å². The van der Waals surface area contributed by atoms with Gasteiger partial charge in [-0.1, -0.05) is 18.2 Å². The van der Waals surface area contributed by atoms with Gasteiger partial charge in [0.15, 0.2) is 11.5 Å². The van der Waals surface area contributed by atoms with Crippen LogP contribution in [0, 0.1) is 0 Å². The number of nitrogens with zero attached hydrogens (tertiary/aromatic N) is 3. The molecule has 0 saturated carbocycles. The second kappa shape index (κ2) is 7.84. The summed E-state index contributed by atoms with van der Waals surface area (Å²) >= 11 is 0. The molecule has 1 unspecified atom stereocenters. The molecular weight excluding hydrogens is 338 g/mol. The standard InChI is InChI=1S/C22H25N3O2/c1-26-21-11-8-18(15-22(21)27-2)20-5-3-13-24(20)16-17-6-9-19(10-7-17)25-14-4-12-23-25/h4,6-12,14-15,20H,3,5,13,16H2,1-2H3. The van der Waals surface area contributed by atoms with Gasteiger partial charge in [0, 0.05) is 25.0 Å². The molecule has 0 bridgehead atoms. The smallest absolute Gasteiger partial charge is 0.161 e. The zero-order chi connectivity index (χ0) is 18.6. The minimum Gasteiger partial charge on any atom is -0.493 e. The topological polar surface area (TPSA) is 39.5 Å². The van der Waals surface area contributed by atoms with E-state index in [1.165, 1.54) is 24.0 Å². The first kappa shape index (κ1) is 17.6. The van der Waals surface area contributed by atoms with Crippen molar-refractivity contribution in [2.45, 2.75) is 25.4 Å². The number of methoxy groups -OCH3 is 2. The van der Waals surface area contributed by atoms with Crippen molar-refractivity contribution in [3.05, 3.63) is 72.1 Å². The molecule has 1 aliphatic rings. The maximum atomic E-state index is 5.49. The molecule has 0 aliphatic carbocycles. The van der Waals surface area contributed by atoms with Gasteiger partial charge in [0.2, 0.25) is 0 Å². The van der Waals surface area contributed by atoms with Crippen LogP contribution in [0.5, 0.6) is 11.5 Å². The molecule has 27 heavy (non-hydrogen) atoms. The third kappa shape index (κ3) is 3.69. The summed E-state index contributed by atoms with van der Waals surface area (Å²) in [6.07, 6.45) is 6.14. The van der Waals surface area contributed by atoms with Gasteiger partial charge in [-0.25, -0.2) is 4.68 Å². The van der Waals surface area contributed by atoms with Crippen molar-refractivity contribution in [1.82, 2.24) is 14.7 Å². The molecule has 1 saturated heterocycles. The largest absolute Gasteiger partial charge is 0.493 e. The van der Waals surface area contributed by atoms with E-state index in [-0.39, 0.29) is 0 Å². The van der Waals surface area contributed by atoms with Gasteiger partial charge in [-0.3, -0.25) is 4.90 Å². The first-order valence-corrected chi connectivity index (χ1v) is 9.33. The molecule has 0 N–H and O–H groups in total. The number of hydrogen-bond acceptors (Lipinski definition) is 4. The molecule has 5 nitrogen and oxygen atoms in total. The summed E-state index contributed by atoms with van der Waals surface area (Å²) in [5, 5.41) is 4.29. The van der Waals surface area contributed by atoms with Gasteiger partial charge in [-0.05, 0) is 60.8 Å². The molecule has 0 amide bonds. The van der Waals surface area contributed by atoms with Crippen molar-refractivity contribution in [3.63, 3.8) is 0 Å². The highest BCUT2D eigenvalue weighted by Crippen LogP contribution is 2.37. The SMILES string of the molecule is COc1ccc(C2CCCN2Cc2ccc(-n3cccn3)cc2)cc1OC. The minimum absolute atomic E-state index is 0.413. The lowest BCUT2D eigenvalue weighted by molar-refractivity contribution is 0.247. The summed E-state index contributed by atoms with van der Waals surface area (Å²) in [6.45, 7) is 2.05. The van der Waals surface area contributed by atoms with Gasteiger partial charge in [0.1, 0.15) is 0 Å². The summed E-state index contributed by atoms with van der Waals surface area (Å²) in [7, 11) is 3.36. The van der Waals surface area contributed by atoms with E-state index in [9.17, 15) is 0 Å². The Morgan fingerprint density at radius 1 is 1.04 bits per heavy atom. The van der Waals surface area contributed by atoms with E-state index in [0.717, 1.165) is 30.3 Å². The lowest BCUT2D eigenvalue weighted by Gasteiger charge is -2.25. The molecule has 5 heteroatoms. The number of rotatable bonds is 6.